The molecule has 0 aliphatic carbocycles. The van der Waals surface area contributed by atoms with Crippen LogP contribution in [0.25, 0.3) is 0 Å². The minimum Gasteiger partial charge on any atom is -0.378 e. The summed E-state index contributed by atoms with van der Waals surface area (Å²) in [4.78, 5) is 0. The Morgan fingerprint density at radius 2 is 1.84 bits per heavy atom. The summed E-state index contributed by atoms with van der Waals surface area (Å²) >= 11 is 0. The third-order valence-corrected chi connectivity index (χ3v) is 2.77. The first kappa shape index (κ1) is 13.0. The largest absolute Gasteiger partial charge is 0.378 e. The van der Waals surface area contributed by atoms with E-state index in [4.69, 9.17) is 5.26 Å². The van der Waals surface area contributed by atoms with E-state index in [1.807, 2.05) is 13.0 Å². The summed E-state index contributed by atoms with van der Waals surface area (Å²) in [6.45, 7) is 1.98. The van der Waals surface area contributed by atoms with Gasteiger partial charge in [0.05, 0.1) is 17.3 Å². The number of nitriles is 1. The molecule has 0 bridgehead atoms. The third-order valence-electron chi connectivity index (χ3n) is 2.77. The fraction of sp³-hybridized carbons (Fsp3) is 0.133. The number of rotatable bonds is 3. The Morgan fingerprint density at radius 1 is 1.11 bits per heavy atom. The van der Waals surface area contributed by atoms with Crippen molar-refractivity contribution in [1.29, 1.82) is 5.26 Å². The molecule has 2 aromatic rings. The van der Waals surface area contributed by atoms with Gasteiger partial charge >= 0.3 is 0 Å². The van der Waals surface area contributed by atoms with Crippen LogP contribution in [0.3, 0.4) is 0 Å². The van der Waals surface area contributed by atoms with Crippen molar-refractivity contribution in [1.82, 2.24) is 0 Å². The van der Waals surface area contributed by atoms with Gasteiger partial charge in [-0.2, -0.15) is 5.26 Å². The highest BCUT2D eigenvalue weighted by Gasteiger charge is 2.06. The number of nitrogens with one attached hydrogen (secondary N) is 1. The molecular formula is C15H12F2N2. The smallest absolute Gasteiger partial charge is 0.146 e. The van der Waals surface area contributed by atoms with Gasteiger partial charge in [-0.15, -0.1) is 0 Å². The van der Waals surface area contributed by atoms with Gasteiger partial charge in [0, 0.05) is 12.1 Å². The molecule has 0 atom stereocenters. The summed E-state index contributed by atoms with van der Waals surface area (Å²) in [5.41, 5.74) is 1.94. The zero-order valence-corrected chi connectivity index (χ0v) is 10.4. The standard InChI is InChI=1S/C15H12F2N2/c1-10-2-4-14(17)15(6-10)19-9-12-7-11(8-18)3-5-13(12)16/h2-7,19H,9H2,1H3. The van der Waals surface area contributed by atoms with Crippen LogP contribution in [0.4, 0.5) is 14.5 Å². The molecule has 96 valence electrons. The second-order valence-corrected chi connectivity index (χ2v) is 4.25. The molecule has 0 aromatic heterocycles. The molecule has 0 unspecified atom stereocenters. The maximum atomic E-state index is 13.5. The monoisotopic (exact) mass is 258 g/mol. The molecule has 2 aromatic carbocycles. The molecule has 0 radical (unpaired) electrons. The van der Waals surface area contributed by atoms with E-state index in [1.165, 1.54) is 24.3 Å². The van der Waals surface area contributed by atoms with Crippen LogP contribution in [0.5, 0.6) is 0 Å². The van der Waals surface area contributed by atoms with Crippen LogP contribution in [0.1, 0.15) is 16.7 Å². The van der Waals surface area contributed by atoms with E-state index in [1.54, 1.807) is 12.1 Å². The van der Waals surface area contributed by atoms with Crippen molar-refractivity contribution >= 4 is 5.69 Å². The summed E-state index contributed by atoms with van der Waals surface area (Å²) in [7, 11) is 0. The number of anilines is 1. The molecular weight excluding hydrogens is 246 g/mol. The van der Waals surface area contributed by atoms with E-state index in [0.29, 0.717) is 16.8 Å². The Balaban J connectivity index is 2.19. The van der Waals surface area contributed by atoms with Gasteiger partial charge in [0.2, 0.25) is 0 Å². The number of benzene rings is 2. The van der Waals surface area contributed by atoms with Crippen LogP contribution >= 0.6 is 0 Å². The van der Waals surface area contributed by atoms with Crippen LogP contribution < -0.4 is 5.32 Å². The lowest BCUT2D eigenvalue weighted by Gasteiger charge is -2.09. The fourth-order valence-corrected chi connectivity index (χ4v) is 1.74. The fourth-order valence-electron chi connectivity index (χ4n) is 1.74. The Hall–Kier alpha value is -2.41. The maximum Gasteiger partial charge on any atom is 0.146 e. The van der Waals surface area contributed by atoms with E-state index in [9.17, 15) is 8.78 Å². The lowest BCUT2D eigenvalue weighted by molar-refractivity contribution is 0.610. The molecule has 4 heteroatoms. The predicted molar refractivity (Wildman–Crippen MR) is 69.6 cm³/mol. The Bertz CT molecular complexity index is 645. The second kappa shape index (κ2) is 5.49. The molecule has 0 aliphatic rings. The molecule has 2 nitrogen and oxygen atoms in total. The van der Waals surface area contributed by atoms with E-state index < -0.39 is 5.82 Å². The summed E-state index contributed by atoms with van der Waals surface area (Å²) in [6, 6.07) is 10.7. The molecule has 1 N–H and O–H groups in total. The normalized spacial score (nSPS) is 10.0. The van der Waals surface area contributed by atoms with Crippen molar-refractivity contribution in [3.63, 3.8) is 0 Å². The van der Waals surface area contributed by atoms with Crippen molar-refractivity contribution < 1.29 is 8.78 Å². The molecule has 0 fully saturated rings. The average Bonchev–Trinajstić information content (AvgIpc) is 2.41. The van der Waals surface area contributed by atoms with E-state index in [2.05, 4.69) is 5.32 Å². The molecule has 0 saturated carbocycles. The minimum absolute atomic E-state index is 0.127. The van der Waals surface area contributed by atoms with Gasteiger partial charge in [-0.25, -0.2) is 8.78 Å². The number of hydrogen-bond acceptors (Lipinski definition) is 2. The Kier molecular flexibility index (Phi) is 3.76. The second-order valence-electron chi connectivity index (χ2n) is 4.25. The molecule has 2 rings (SSSR count). The summed E-state index contributed by atoms with van der Waals surface area (Å²) in [5, 5.41) is 11.6. The summed E-state index contributed by atoms with van der Waals surface area (Å²) in [6.07, 6.45) is 0. The van der Waals surface area contributed by atoms with Crippen molar-refractivity contribution in [2.75, 3.05) is 5.32 Å². The van der Waals surface area contributed by atoms with Crippen molar-refractivity contribution in [3.05, 3.63) is 64.7 Å². The van der Waals surface area contributed by atoms with Crippen LogP contribution in [0, 0.1) is 29.9 Å². The summed E-state index contributed by atoms with van der Waals surface area (Å²) in [5.74, 6) is -0.804. The van der Waals surface area contributed by atoms with E-state index in [-0.39, 0.29) is 12.4 Å². The lowest BCUT2D eigenvalue weighted by Crippen LogP contribution is -2.04. The average molecular weight is 258 g/mol. The highest BCUT2D eigenvalue weighted by molar-refractivity contribution is 5.48. The predicted octanol–water partition coefficient (Wildman–Crippen LogP) is 3.76. The van der Waals surface area contributed by atoms with Crippen LogP contribution in [-0.4, -0.2) is 0 Å². The topological polar surface area (TPSA) is 35.8 Å². The number of hydrogen-bond donors (Lipinski definition) is 1. The first-order valence-corrected chi connectivity index (χ1v) is 5.78. The number of halogens is 2. The molecule has 0 amide bonds. The van der Waals surface area contributed by atoms with Gasteiger partial charge in [-0.05, 0) is 42.8 Å². The Morgan fingerprint density at radius 3 is 2.58 bits per heavy atom. The van der Waals surface area contributed by atoms with Gasteiger partial charge < -0.3 is 5.32 Å². The number of nitrogens with zero attached hydrogens (tertiary/aromatic N) is 1. The zero-order chi connectivity index (χ0) is 13.8. The highest BCUT2D eigenvalue weighted by Crippen LogP contribution is 2.18. The molecule has 0 saturated heterocycles. The first-order chi connectivity index (χ1) is 9.10. The first-order valence-electron chi connectivity index (χ1n) is 5.78. The number of aryl methyl sites for hydroxylation is 1. The van der Waals surface area contributed by atoms with Crippen molar-refractivity contribution in [2.45, 2.75) is 13.5 Å². The summed E-state index contributed by atoms with van der Waals surface area (Å²) < 4.78 is 27.1. The van der Waals surface area contributed by atoms with Crippen molar-refractivity contribution in [3.8, 4) is 6.07 Å². The van der Waals surface area contributed by atoms with E-state index in [0.717, 1.165) is 5.56 Å². The van der Waals surface area contributed by atoms with E-state index >= 15 is 0 Å². The molecule has 0 aliphatic heterocycles. The van der Waals surface area contributed by atoms with Gasteiger partial charge in [0.15, 0.2) is 0 Å². The zero-order valence-electron chi connectivity index (χ0n) is 10.4. The quantitative estimate of drug-likeness (QED) is 0.909. The Labute approximate surface area is 110 Å². The molecule has 19 heavy (non-hydrogen) atoms. The van der Waals surface area contributed by atoms with Gasteiger partial charge in [-0.3, -0.25) is 0 Å². The van der Waals surface area contributed by atoms with Crippen molar-refractivity contribution in [2.24, 2.45) is 0 Å². The molecule has 0 heterocycles. The lowest BCUT2D eigenvalue weighted by atomic mass is 10.1. The van der Waals surface area contributed by atoms with Crippen LogP contribution in [-0.2, 0) is 6.54 Å². The third kappa shape index (κ3) is 3.08. The highest BCUT2D eigenvalue weighted by atomic mass is 19.1. The SMILES string of the molecule is Cc1ccc(F)c(NCc2cc(C#N)ccc2F)c1. The molecule has 0 spiro atoms. The van der Waals surface area contributed by atoms with Crippen LogP contribution in [0.2, 0.25) is 0 Å². The van der Waals surface area contributed by atoms with Crippen LogP contribution in [0.15, 0.2) is 36.4 Å². The van der Waals surface area contributed by atoms with Gasteiger partial charge in [0.25, 0.3) is 0 Å². The minimum atomic E-state index is -0.417. The van der Waals surface area contributed by atoms with Gasteiger partial charge in [0.1, 0.15) is 11.6 Å². The maximum absolute atomic E-state index is 13.5. The van der Waals surface area contributed by atoms with Gasteiger partial charge in [-0.1, -0.05) is 6.07 Å².